The molecule has 0 unspecified atom stereocenters. The fraction of sp³-hybridized carbons (Fsp3) is 0.115. The Morgan fingerprint density at radius 3 is 2.71 bits per heavy atom. The van der Waals surface area contributed by atoms with Crippen LogP contribution in [0.3, 0.4) is 0 Å². The summed E-state index contributed by atoms with van der Waals surface area (Å²) < 4.78 is 2.20. The van der Waals surface area contributed by atoms with E-state index in [1.807, 2.05) is 43.3 Å². The van der Waals surface area contributed by atoms with Crippen molar-refractivity contribution in [1.82, 2.24) is 19.5 Å². The van der Waals surface area contributed by atoms with Crippen molar-refractivity contribution in [1.29, 1.82) is 5.26 Å². The Labute approximate surface area is 180 Å². The first-order valence-corrected chi connectivity index (χ1v) is 10.2. The number of pyridine rings is 1. The van der Waals surface area contributed by atoms with Gasteiger partial charge in [-0.25, -0.2) is 4.98 Å². The molecular weight excluding hydrogens is 382 g/mol. The van der Waals surface area contributed by atoms with Gasteiger partial charge in [0.05, 0.1) is 22.1 Å². The molecule has 2 aromatic carbocycles. The normalized spacial score (nSPS) is 11.9. The van der Waals surface area contributed by atoms with Crippen molar-refractivity contribution in [2.45, 2.75) is 20.8 Å². The van der Waals surface area contributed by atoms with Gasteiger partial charge in [0.2, 0.25) is 0 Å². The summed E-state index contributed by atoms with van der Waals surface area (Å²) in [6, 6.07) is 20.7. The zero-order valence-corrected chi connectivity index (χ0v) is 17.6. The lowest BCUT2D eigenvalue weighted by molar-refractivity contribution is 0.966. The summed E-state index contributed by atoms with van der Waals surface area (Å²) in [7, 11) is 0. The quantitative estimate of drug-likeness (QED) is 0.382. The summed E-state index contributed by atoms with van der Waals surface area (Å²) in [4.78, 5) is 12.3. The van der Waals surface area contributed by atoms with Crippen LogP contribution >= 0.6 is 0 Å². The van der Waals surface area contributed by atoms with E-state index in [1.54, 1.807) is 6.20 Å². The highest BCUT2D eigenvalue weighted by Crippen LogP contribution is 2.27. The van der Waals surface area contributed by atoms with Crippen LogP contribution in [0.15, 0.2) is 60.8 Å². The molecule has 5 rings (SSSR count). The number of nitriles is 1. The van der Waals surface area contributed by atoms with Gasteiger partial charge in [-0.1, -0.05) is 12.1 Å². The lowest BCUT2D eigenvalue weighted by Gasteiger charge is -2.10. The molecule has 1 N–H and O–H groups in total. The highest BCUT2D eigenvalue weighted by atomic mass is 15.0. The summed E-state index contributed by atoms with van der Waals surface area (Å²) in [6.07, 6.45) is 3.71. The average Bonchev–Trinajstić information content (AvgIpc) is 3.31. The van der Waals surface area contributed by atoms with Crippen LogP contribution in [0.5, 0.6) is 0 Å². The van der Waals surface area contributed by atoms with E-state index in [9.17, 15) is 5.26 Å². The maximum atomic E-state index is 9.83. The van der Waals surface area contributed by atoms with Crippen LogP contribution < -0.4 is 0 Å². The lowest BCUT2D eigenvalue weighted by atomic mass is 10.1. The minimum absolute atomic E-state index is 0.511. The predicted octanol–water partition coefficient (Wildman–Crippen LogP) is 5.89. The standard InChI is InChI=1S/C26H21N5/c1-16-6-8-24-25(11-16)30-26(29-24)21(15-27)13-20-12-17(2)31(18(20)3)22-7-9-23-19(14-22)5-4-10-28-23/h4-14H,1-3H3,(H,29,30). The number of aromatic nitrogens is 4. The van der Waals surface area contributed by atoms with Crippen molar-refractivity contribution in [3.63, 3.8) is 0 Å². The van der Waals surface area contributed by atoms with Crippen molar-refractivity contribution in [3.8, 4) is 11.8 Å². The summed E-state index contributed by atoms with van der Waals surface area (Å²) in [5.74, 6) is 0.588. The highest BCUT2D eigenvalue weighted by molar-refractivity contribution is 5.91. The second kappa shape index (κ2) is 7.26. The van der Waals surface area contributed by atoms with Crippen LogP contribution in [0.1, 0.15) is 28.3 Å². The molecule has 0 radical (unpaired) electrons. The SMILES string of the molecule is Cc1ccc2nc(C(C#N)=Cc3cc(C)n(-c4ccc5ncccc5c4)c3C)[nH]c2c1. The fourth-order valence-electron chi connectivity index (χ4n) is 4.09. The second-order valence-corrected chi connectivity index (χ2v) is 7.82. The van der Waals surface area contributed by atoms with Gasteiger partial charge in [0.15, 0.2) is 0 Å². The van der Waals surface area contributed by atoms with Crippen LogP contribution in [-0.4, -0.2) is 19.5 Å². The van der Waals surface area contributed by atoms with Gasteiger partial charge in [0, 0.05) is 28.7 Å². The highest BCUT2D eigenvalue weighted by Gasteiger charge is 2.13. The van der Waals surface area contributed by atoms with Gasteiger partial charge in [-0.15, -0.1) is 0 Å². The molecule has 0 spiro atoms. The maximum absolute atomic E-state index is 9.83. The summed E-state index contributed by atoms with van der Waals surface area (Å²) in [5.41, 5.74) is 8.68. The monoisotopic (exact) mass is 403 g/mol. The smallest absolute Gasteiger partial charge is 0.149 e. The summed E-state index contributed by atoms with van der Waals surface area (Å²) in [6.45, 7) is 6.19. The fourth-order valence-corrected chi connectivity index (χ4v) is 4.09. The van der Waals surface area contributed by atoms with E-state index in [1.165, 1.54) is 0 Å². The number of allylic oxidation sites excluding steroid dienone is 1. The van der Waals surface area contributed by atoms with Gasteiger partial charge < -0.3 is 9.55 Å². The molecular formula is C26H21N5. The van der Waals surface area contributed by atoms with E-state index in [0.717, 1.165) is 50.1 Å². The first-order chi connectivity index (χ1) is 15.0. The zero-order valence-electron chi connectivity index (χ0n) is 17.6. The molecule has 3 aromatic heterocycles. The Morgan fingerprint density at radius 2 is 1.87 bits per heavy atom. The van der Waals surface area contributed by atoms with Gasteiger partial charge in [0.25, 0.3) is 0 Å². The van der Waals surface area contributed by atoms with Crippen molar-refractivity contribution in [2.24, 2.45) is 0 Å². The van der Waals surface area contributed by atoms with Crippen molar-refractivity contribution >= 4 is 33.6 Å². The summed E-state index contributed by atoms with van der Waals surface area (Å²) in [5, 5.41) is 10.9. The van der Waals surface area contributed by atoms with Gasteiger partial charge in [0.1, 0.15) is 11.9 Å². The van der Waals surface area contributed by atoms with Crippen LogP contribution in [0.4, 0.5) is 0 Å². The third-order valence-corrected chi connectivity index (χ3v) is 5.63. The number of aryl methyl sites for hydroxylation is 2. The van der Waals surface area contributed by atoms with Crippen LogP contribution in [0, 0.1) is 32.1 Å². The van der Waals surface area contributed by atoms with Crippen molar-refractivity contribution in [2.75, 3.05) is 0 Å². The maximum Gasteiger partial charge on any atom is 0.149 e. The largest absolute Gasteiger partial charge is 0.337 e. The number of aromatic amines is 1. The van der Waals surface area contributed by atoms with Gasteiger partial charge in [-0.2, -0.15) is 5.26 Å². The van der Waals surface area contributed by atoms with E-state index >= 15 is 0 Å². The number of H-pyrrole nitrogens is 1. The average molecular weight is 403 g/mol. The number of imidazole rings is 1. The van der Waals surface area contributed by atoms with E-state index in [-0.39, 0.29) is 0 Å². The Balaban J connectivity index is 1.59. The number of nitrogens with zero attached hydrogens (tertiary/aromatic N) is 4. The Morgan fingerprint density at radius 1 is 1.03 bits per heavy atom. The molecule has 150 valence electrons. The minimum Gasteiger partial charge on any atom is -0.337 e. The van der Waals surface area contributed by atoms with Gasteiger partial charge in [-0.3, -0.25) is 4.98 Å². The number of fused-ring (bicyclic) bond motifs is 2. The zero-order chi connectivity index (χ0) is 21.5. The molecule has 5 nitrogen and oxygen atoms in total. The van der Waals surface area contributed by atoms with Crippen molar-refractivity contribution in [3.05, 3.63) is 89.1 Å². The molecule has 0 amide bonds. The third-order valence-electron chi connectivity index (χ3n) is 5.63. The first-order valence-electron chi connectivity index (χ1n) is 10.2. The molecule has 0 bridgehead atoms. The molecule has 0 atom stereocenters. The third kappa shape index (κ3) is 3.28. The van der Waals surface area contributed by atoms with E-state index in [2.05, 4.69) is 63.7 Å². The molecule has 31 heavy (non-hydrogen) atoms. The van der Waals surface area contributed by atoms with Crippen LogP contribution in [-0.2, 0) is 0 Å². The molecule has 0 aliphatic carbocycles. The molecule has 5 heteroatoms. The Kier molecular flexibility index (Phi) is 4.41. The number of nitrogens with one attached hydrogen (secondary N) is 1. The topological polar surface area (TPSA) is 70.3 Å². The molecule has 0 fully saturated rings. The predicted molar refractivity (Wildman–Crippen MR) is 125 cm³/mol. The van der Waals surface area contributed by atoms with E-state index in [4.69, 9.17) is 0 Å². The number of hydrogen-bond donors (Lipinski definition) is 1. The summed E-state index contributed by atoms with van der Waals surface area (Å²) >= 11 is 0. The minimum atomic E-state index is 0.511. The second-order valence-electron chi connectivity index (χ2n) is 7.82. The first kappa shape index (κ1) is 18.8. The van der Waals surface area contributed by atoms with Crippen molar-refractivity contribution < 1.29 is 0 Å². The molecule has 0 saturated heterocycles. The molecule has 5 aromatic rings. The molecule has 0 aliphatic heterocycles. The van der Waals surface area contributed by atoms with Crippen LogP contribution in [0.25, 0.3) is 39.3 Å². The lowest BCUT2D eigenvalue weighted by Crippen LogP contribution is -1.99. The van der Waals surface area contributed by atoms with E-state index in [0.29, 0.717) is 11.4 Å². The molecule has 3 heterocycles. The van der Waals surface area contributed by atoms with Crippen LogP contribution in [0.2, 0.25) is 0 Å². The number of rotatable bonds is 3. The number of hydrogen-bond acceptors (Lipinski definition) is 3. The van der Waals surface area contributed by atoms with E-state index < -0.39 is 0 Å². The van der Waals surface area contributed by atoms with Gasteiger partial charge >= 0.3 is 0 Å². The Bertz CT molecular complexity index is 1530. The molecule has 0 saturated carbocycles. The molecule has 0 aliphatic rings. The number of benzene rings is 2. The van der Waals surface area contributed by atoms with Gasteiger partial charge in [-0.05, 0) is 80.4 Å². The Hall–Kier alpha value is -4.17.